The summed E-state index contributed by atoms with van der Waals surface area (Å²) in [4.78, 5) is 36.4. The van der Waals surface area contributed by atoms with E-state index in [2.05, 4.69) is 10.1 Å². The molecule has 1 fully saturated rings. The van der Waals surface area contributed by atoms with Crippen LogP contribution in [0.5, 0.6) is 0 Å². The lowest BCUT2D eigenvalue weighted by Crippen LogP contribution is -2.31. The van der Waals surface area contributed by atoms with Crippen molar-refractivity contribution in [3.8, 4) is 0 Å². The van der Waals surface area contributed by atoms with Gasteiger partial charge in [-0.05, 0) is 24.5 Å². The third kappa shape index (κ3) is 3.24. The van der Waals surface area contributed by atoms with Crippen LogP contribution < -0.4 is 5.32 Å². The Balaban J connectivity index is 2.05. The SMILES string of the molecule is COC(=O)c1ccc(CN2C(=O)NC(CC(C)C)C2=O)o1. The Morgan fingerprint density at radius 1 is 1.43 bits per heavy atom. The Labute approximate surface area is 122 Å². The molecule has 1 aliphatic rings. The number of urea groups is 1. The van der Waals surface area contributed by atoms with E-state index in [1.165, 1.54) is 13.2 Å². The molecule has 0 spiro atoms. The van der Waals surface area contributed by atoms with Gasteiger partial charge < -0.3 is 14.5 Å². The van der Waals surface area contributed by atoms with Crippen molar-refractivity contribution >= 4 is 17.9 Å². The lowest BCUT2D eigenvalue weighted by molar-refractivity contribution is -0.128. The van der Waals surface area contributed by atoms with Gasteiger partial charge in [-0.1, -0.05) is 13.8 Å². The van der Waals surface area contributed by atoms with Crippen molar-refractivity contribution in [1.82, 2.24) is 10.2 Å². The van der Waals surface area contributed by atoms with Gasteiger partial charge in [-0.25, -0.2) is 9.59 Å². The quantitative estimate of drug-likeness (QED) is 0.657. The van der Waals surface area contributed by atoms with Gasteiger partial charge in [0.25, 0.3) is 5.91 Å². The van der Waals surface area contributed by atoms with Gasteiger partial charge in [0, 0.05) is 0 Å². The van der Waals surface area contributed by atoms with Crippen LogP contribution in [0.25, 0.3) is 0 Å². The van der Waals surface area contributed by atoms with Crippen LogP contribution in [0.1, 0.15) is 36.6 Å². The third-order valence-electron chi connectivity index (χ3n) is 3.18. The Morgan fingerprint density at radius 2 is 2.14 bits per heavy atom. The normalized spacial score (nSPS) is 18.3. The molecule has 7 nitrogen and oxygen atoms in total. The van der Waals surface area contributed by atoms with Crippen LogP contribution in [-0.2, 0) is 16.1 Å². The van der Waals surface area contributed by atoms with Gasteiger partial charge in [0.2, 0.25) is 5.76 Å². The van der Waals surface area contributed by atoms with Crippen LogP contribution in [0.3, 0.4) is 0 Å². The fraction of sp³-hybridized carbons (Fsp3) is 0.500. The topological polar surface area (TPSA) is 88.9 Å². The molecule has 0 aliphatic carbocycles. The summed E-state index contributed by atoms with van der Waals surface area (Å²) in [6.07, 6.45) is 0.590. The summed E-state index contributed by atoms with van der Waals surface area (Å²) >= 11 is 0. The van der Waals surface area contributed by atoms with Crippen LogP contribution in [0.15, 0.2) is 16.5 Å². The Bertz CT molecular complexity index is 563. The maximum absolute atomic E-state index is 12.2. The third-order valence-corrected chi connectivity index (χ3v) is 3.18. The van der Waals surface area contributed by atoms with Gasteiger partial charge in [-0.3, -0.25) is 9.69 Å². The Kier molecular flexibility index (Phi) is 4.30. The summed E-state index contributed by atoms with van der Waals surface area (Å²) in [6.45, 7) is 3.96. The second-order valence-corrected chi connectivity index (χ2v) is 5.31. The molecule has 1 unspecified atom stereocenters. The average Bonchev–Trinajstić information content (AvgIpc) is 2.99. The first-order chi connectivity index (χ1) is 9.92. The van der Waals surface area contributed by atoms with Crippen LogP contribution >= 0.6 is 0 Å². The molecule has 0 bridgehead atoms. The highest BCUT2D eigenvalue weighted by Crippen LogP contribution is 2.18. The summed E-state index contributed by atoms with van der Waals surface area (Å²) in [7, 11) is 1.25. The van der Waals surface area contributed by atoms with Crippen molar-refractivity contribution in [1.29, 1.82) is 0 Å². The molecule has 1 atom stereocenters. The van der Waals surface area contributed by atoms with Crippen molar-refractivity contribution in [2.75, 3.05) is 7.11 Å². The number of methoxy groups -OCH3 is 1. The number of hydrogen-bond donors (Lipinski definition) is 1. The first kappa shape index (κ1) is 15.1. The minimum absolute atomic E-state index is 0.00371. The van der Waals surface area contributed by atoms with Crippen LogP contribution in [0, 0.1) is 5.92 Å². The van der Waals surface area contributed by atoms with Gasteiger partial charge >= 0.3 is 12.0 Å². The molecule has 114 valence electrons. The number of carbonyl (C=O) groups is 3. The highest BCUT2D eigenvalue weighted by atomic mass is 16.5. The molecule has 0 aromatic carbocycles. The molecule has 1 aliphatic heterocycles. The molecular formula is C14H18N2O5. The number of ether oxygens (including phenoxy) is 1. The van der Waals surface area contributed by atoms with E-state index in [0.29, 0.717) is 18.1 Å². The van der Waals surface area contributed by atoms with E-state index in [-0.39, 0.29) is 18.2 Å². The Hall–Kier alpha value is -2.31. The summed E-state index contributed by atoms with van der Waals surface area (Å²) in [6, 6.07) is 2.06. The first-order valence-electron chi connectivity index (χ1n) is 6.71. The Morgan fingerprint density at radius 3 is 2.76 bits per heavy atom. The highest BCUT2D eigenvalue weighted by Gasteiger charge is 2.38. The van der Waals surface area contributed by atoms with E-state index in [1.54, 1.807) is 6.07 Å². The summed E-state index contributed by atoms with van der Waals surface area (Å²) in [5.74, 6) is -0.183. The molecule has 7 heteroatoms. The summed E-state index contributed by atoms with van der Waals surface area (Å²) in [5, 5.41) is 2.65. The zero-order valence-corrected chi connectivity index (χ0v) is 12.2. The van der Waals surface area contributed by atoms with E-state index >= 15 is 0 Å². The first-order valence-corrected chi connectivity index (χ1v) is 6.71. The van der Waals surface area contributed by atoms with E-state index in [9.17, 15) is 14.4 Å². The lowest BCUT2D eigenvalue weighted by atomic mass is 10.0. The van der Waals surface area contributed by atoms with Crippen LogP contribution in [-0.4, -0.2) is 36.0 Å². The average molecular weight is 294 g/mol. The number of furan rings is 1. The smallest absolute Gasteiger partial charge is 0.373 e. The second kappa shape index (κ2) is 5.99. The molecule has 1 saturated heterocycles. The number of nitrogens with zero attached hydrogens (tertiary/aromatic N) is 1. The molecule has 3 amide bonds. The molecule has 1 aromatic heterocycles. The van der Waals surface area contributed by atoms with Gasteiger partial charge in [-0.2, -0.15) is 0 Å². The lowest BCUT2D eigenvalue weighted by Gasteiger charge is -2.12. The predicted molar refractivity (Wildman–Crippen MR) is 72.4 cm³/mol. The van der Waals surface area contributed by atoms with Crippen molar-refractivity contribution in [2.45, 2.75) is 32.9 Å². The van der Waals surface area contributed by atoms with Gasteiger partial charge in [0.15, 0.2) is 0 Å². The zero-order valence-electron chi connectivity index (χ0n) is 12.2. The fourth-order valence-electron chi connectivity index (χ4n) is 2.19. The maximum atomic E-state index is 12.2. The fourth-order valence-corrected chi connectivity index (χ4v) is 2.19. The number of esters is 1. The molecule has 2 heterocycles. The molecular weight excluding hydrogens is 276 g/mol. The number of amides is 3. The van der Waals surface area contributed by atoms with Gasteiger partial charge in [0.05, 0.1) is 13.7 Å². The molecule has 1 N–H and O–H groups in total. The van der Waals surface area contributed by atoms with Gasteiger partial charge in [0.1, 0.15) is 11.8 Å². The van der Waals surface area contributed by atoms with Crippen LogP contribution in [0.4, 0.5) is 4.79 Å². The molecule has 1 aromatic rings. The zero-order chi connectivity index (χ0) is 15.6. The number of carbonyl (C=O) groups excluding carboxylic acids is 3. The highest BCUT2D eigenvalue weighted by molar-refractivity contribution is 6.04. The molecule has 2 rings (SSSR count). The maximum Gasteiger partial charge on any atom is 0.373 e. The summed E-state index contributed by atoms with van der Waals surface area (Å²) < 4.78 is 9.79. The van der Waals surface area contributed by atoms with Crippen molar-refractivity contribution < 1.29 is 23.5 Å². The number of rotatable bonds is 5. The predicted octanol–water partition coefficient (Wildman–Crippen LogP) is 1.53. The molecule has 0 saturated carbocycles. The number of imide groups is 1. The van der Waals surface area contributed by atoms with Crippen molar-refractivity contribution in [3.05, 3.63) is 23.7 Å². The van der Waals surface area contributed by atoms with Crippen molar-refractivity contribution in [2.24, 2.45) is 5.92 Å². The van der Waals surface area contributed by atoms with E-state index in [1.807, 2.05) is 13.8 Å². The number of nitrogens with one attached hydrogen (secondary N) is 1. The second-order valence-electron chi connectivity index (χ2n) is 5.31. The van der Waals surface area contributed by atoms with E-state index < -0.39 is 18.0 Å². The van der Waals surface area contributed by atoms with E-state index in [4.69, 9.17) is 4.42 Å². The largest absolute Gasteiger partial charge is 0.463 e. The van der Waals surface area contributed by atoms with Crippen molar-refractivity contribution in [3.63, 3.8) is 0 Å². The summed E-state index contributed by atoms with van der Waals surface area (Å²) in [5.41, 5.74) is 0. The standard InChI is InChI=1S/C14H18N2O5/c1-8(2)6-10-12(17)16(14(19)15-10)7-9-4-5-11(21-9)13(18)20-3/h4-5,8,10H,6-7H2,1-3H3,(H,15,19). The minimum atomic E-state index is -0.601. The van der Waals surface area contributed by atoms with Crippen LogP contribution in [0.2, 0.25) is 0 Å². The van der Waals surface area contributed by atoms with E-state index in [0.717, 1.165) is 4.90 Å². The number of hydrogen-bond acceptors (Lipinski definition) is 5. The minimum Gasteiger partial charge on any atom is -0.463 e. The van der Waals surface area contributed by atoms with Gasteiger partial charge in [-0.15, -0.1) is 0 Å². The monoisotopic (exact) mass is 294 g/mol. The molecule has 21 heavy (non-hydrogen) atoms. The molecule has 0 radical (unpaired) electrons.